The number of hydrogen-bond donors (Lipinski definition) is 1. The van der Waals surface area contributed by atoms with Gasteiger partial charge < -0.3 is 10.1 Å². The van der Waals surface area contributed by atoms with Crippen LogP contribution in [0, 0.1) is 0 Å². The van der Waals surface area contributed by atoms with Crippen molar-refractivity contribution in [2.24, 2.45) is 0 Å². The molecule has 0 aliphatic carbocycles. The minimum absolute atomic E-state index is 0.351. The van der Waals surface area contributed by atoms with Gasteiger partial charge in [-0.05, 0) is 49.7 Å². The zero-order valence-corrected chi connectivity index (χ0v) is 12.7. The zero-order chi connectivity index (χ0) is 14.4. The second-order valence-electron chi connectivity index (χ2n) is 4.78. The number of nitrogens with one attached hydrogen (secondary N) is 1. The van der Waals surface area contributed by atoms with Crippen LogP contribution >= 0.6 is 11.6 Å². The summed E-state index contributed by atoms with van der Waals surface area (Å²) in [6, 6.07) is 15.9. The molecule has 0 saturated heterocycles. The van der Waals surface area contributed by atoms with Gasteiger partial charge in [-0.2, -0.15) is 0 Å². The molecule has 0 aliphatic heterocycles. The third-order valence-corrected chi connectivity index (χ3v) is 3.46. The van der Waals surface area contributed by atoms with Gasteiger partial charge in [0, 0.05) is 6.04 Å². The molecule has 3 heteroatoms. The van der Waals surface area contributed by atoms with Crippen molar-refractivity contribution < 1.29 is 4.74 Å². The van der Waals surface area contributed by atoms with E-state index in [0.717, 1.165) is 18.7 Å². The number of rotatable bonds is 6. The first-order valence-electron chi connectivity index (χ1n) is 6.96. The van der Waals surface area contributed by atoms with E-state index in [1.54, 1.807) is 0 Å². The second-order valence-corrected chi connectivity index (χ2v) is 5.18. The van der Waals surface area contributed by atoms with Gasteiger partial charge in [0.1, 0.15) is 11.5 Å². The highest BCUT2D eigenvalue weighted by molar-refractivity contribution is 6.32. The quantitative estimate of drug-likeness (QED) is 0.790. The Hall–Kier alpha value is -1.51. The van der Waals surface area contributed by atoms with Crippen LogP contribution in [-0.2, 0) is 0 Å². The van der Waals surface area contributed by atoms with Crippen molar-refractivity contribution in [3.05, 3.63) is 59.1 Å². The van der Waals surface area contributed by atoms with Gasteiger partial charge >= 0.3 is 0 Å². The predicted molar refractivity (Wildman–Crippen MR) is 84.7 cm³/mol. The Morgan fingerprint density at radius 2 is 1.80 bits per heavy atom. The van der Waals surface area contributed by atoms with Gasteiger partial charge in [-0.15, -0.1) is 0 Å². The summed E-state index contributed by atoms with van der Waals surface area (Å²) in [6.45, 7) is 5.36. The lowest BCUT2D eigenvalue weighted by Crippen LogP contribution is -2.19. The van der Waals surface area contributed by atoms with Gasteiger partial charge in [0.05, 0.1) is 5.02 Å². The van der Waals surface area contributed by atoms with E-state index < -0.39 is 0 Å². The van der Waals surface area contributed by atoms with Gasteiger partial charge in [0.25, 0.3) is 0 Å². The highest BCUT2D eigenvalue weighted by atomic mass is 35.5. The number of benzene rings is 2. The van der Waals surface area contributed by atoms with E-state index in [1.165, 1.54) is 5.56 Å². The molecule has 0 aromatic heterocycles. The second kappa shape index (κ2) is 7.32. The Balaban J connectivity index is 2.03. The first kappa shape index (κ1) is 14.9. The monoisotopic (exact) mass is 289 g/mol. The Kier molecular flexibility index (Phi) is 5.45. The van der Waals surface area contributed by atoms with E-state index in [4.69, 9.17) is 16.3 Å². The lowest BCUT2D eigenvalue weighted by atomic mass is 10.1. The van der Waals surface area contributed by atoms with Crippen LogP contribution in [0.3, 0.4) is 0 Å². The first-order chi connectivity index (χ1) is 9.70. The molecule has 1 unspecified atom stereocenters. The van der Waals surface area contributed by atoms with Crippen LogP contribution in [0.25, 0.3) is 0 Å². The molecule has 0 fully saturated rings. The van der Waals surface area contributed by atoms with Crippen molar-refractivity contribution in [1.29, 1.82) is 0 Å². The highest BCUT2D eigenvalue weighted by Gasteiger charge is 2.05. The standard InChI is InChI=1S/C17H20ClNO/c1-3-12-19-13(2)14-8-10-15(11-9-14)20-17-7-5-4-6-16(17)18/h4-11,13,19H,3,12H2,1-2H3. The number of para-hydroxylation sites is 1. The van der Waals surface area contributed by atoms with Gasteiger partial charge in [-0.3, -0.25) is 0 Å². The van der Waals surface area contributed by atoms with Gasteiger partial charge in [-0.1, -0.05) is 42.8 Å². The smallest absolute Gasteiger partial charge is 0.146 e. The minimum atomic E-state index is 0.351. The average Bonchev–Trinajstić information content (AvgIpc) is 2.48. The van der Waals surface area contributed by atoms with Crippen molar-refractivity contribution in [3.8, 4) is 11.5 Å². The normalized spacial score (nSPS) is 12.2. The van der Waals surface area contributed by atoms with Crippen molar-refractivity contribution in [1.82, 2.24) is 5.32 Å². The SMILES string of the molecule is CCCNC(C)c1ccc(Oc2ccccc2Cl)cc1. The number of ether oxygens (including phenoxy) is 1. The van der Waals surface area contributed by atoms with Crippen LogP contribution in [0.4, 0.5) is 0 Å². The van der Waals surface area contributed by atoms with Crippen molar-refractivity contribution in [2.75, 3.05) is 6.54 Å². The third-order valence-electron chi connectivity index (χ3n) is 3.15. The van der Waals surface area contributed by atoms with Crippen LogP contribution in [-0.4, -0.2) is 6.54 Å². The number of halogens is 1. The fourth-order valence-electron chi connectivity index (χ4n) is 1.96. The Labute approximate surface area is 125 Å². The molecular formula is C17H20ClNO. The summed E-state index contributed by atoms with van der Waals surface area (Å²) in [7, 11) is 0. The highest BCUT2D eigenvalue weighted by Crippen LogP contribution is 2.29. The summed E-state index contributed by atoms with van der Waals surface area (Å²) >= 11 is 6.08. The summed E-state index contributed by atoms with van der Waals surface area (Å²) in [4.78, 5) is 0. The molecule has 0 aliphatic rings. The molecule has 0 spiro atoms. The molecule has 2 aromatic carbocycles. The molecule has 1 atom stereocenters. The Morgan fingerprint density at radius 3 is 2.45 bits per heavy atom. The van der Waals surface area contributed by atoms with Crippen LogP contribution in [0.2, 0.25) is 5.02 Å². The average molecular weight is 290 g/mol. The van der Waals surface area contributed by atoms with Gasteiger partial charge in [-0.25, -0.2) is 0 Å². The fraction of sp³-hybridized carbons (Fsp3) is 0.294. The van der Waals surface area contributed by atoms with Crippen LogP contribution in [0.5, 0.6) is 11.5 Å². The summed E-state index contributed by atoms with van der Waals surface area (Å²) in [6.07, 6.45) is 1.14. The van der Waals surface area contributed by atoms with Crippen molar-refractivity contribution >= 4 is 11.6 Å². The van der Waals surface area contributed by atoms with E-state index in [2.05, 4.69) is 31.3 Å². The molecule has 0 amide bonds. The fourth-order valence-corrected chi connectivity index (χ4v) is 2.13. The van der Waals surface area contributed by atoms with Gasteiger partial charge in [0.2, 0.25) is 0 Å². The first-order valence-corrected chi connectivity index (χ1v) is 7.34. The lowest BCUT2D eigenvalue weighted by molar-refractivity contribution is 0.482. The maximum absolute atomic E-state index is 6.08. The van der Waals surface area contributed by atoms with Gasteiger partial charge in [0.15, 0.2) is 0 Å². The molecular weight excluding hydrogens is 270 g/mol. The summed E-state index contributed by atoms with van der Waals surface area (Å²) in [5.74, 6) is 1.48. The molecule has 0 saturated carbocycles. The maximum atomic E-state index is 6.08. The lowest BCUT2D eigenvalue weighted by Gasteiger charge is -2.14. The van der Waals surface area contributed by atoms with Crippen LogP contribution in [0.1, 0.15) is 31.9 Å². The van der Waals surface area contributed by atoms with E-state index in [-0.39, 0.29) is 0 Å². The summed E-state index contributed by atoms with van der Waals surface area (Å²) < 4.78 is 5.77. The maximum Gasteiger partial charge on any atom is 0.146 e. The van der Waals surface area contributed by atoms with E-state index >= 15 is 0 Å². The number of hydrogen-bond acceptors (Lipinski definition) is 2. The molecule has 0 radical (unpaired) electrons. The molecule has 0 bridgehead atoms. The molecule has 106 valence electrons. The minimum Gasteiger partial charge on any atom is -0.456 e. The van der Waals surface area contributed by atoms with Crippen LogP contribution in [0.15, 0.2) is 48.5 Å². The van der Waals surface area contributed by atoms with E-state index in [1.807, 2.05) is 36.4 Å². The molecule has 2 aromatic rings. The van der Waals surface area contributed by atoms with Crippen molar-refractivity contribution in [3.63, 3.8) is 0 Å². The summed E-state index contributed by atoms with van der Waals surface area (Å²) in [5.41, 5.74) is 1.25. The summed E-state index contributed by atoms with van der Waals surface area (Å²) in [5, 5.41) is 4.08. The topological polar surface area (TPSA) is 21.3 Å². The molecule has 1 N–H and O–H groups in total. The molecule has 0 heterocycles. The Morgan fingerprint density at radius 1 is 1.10 bits per heavy atom. The third kappa shape index (κ3) is 3.99. The van der Waals surface area contributed by atoms with E-state index in [9.17, 15) is 0 Å². The van der Waals surface area contributed by atoms with Crippen LogP contribution < -0.4 is 10.1 Å². The Bertz CT molecular complexity index is 539. The largest absolute Gasteiger partial charge is 0.456 e. The van der Waals surface area contributed by atoms with Crippen molar-refractivity contribution in [2.45, 2.75) is 26.3 Å². The molecule has 20 heavy (non-hydrogen) atoms. The molecule has 2 rings (SSSR count). The molecule has 2 nitrogen and oxygen atoms in total. The predicted octanol–water partition coefficient (Wildman–Crippen LogP) is 5.19. The van der Waals surface area contributed by atoms with E-state index in [0.29, 0.717) is 16.8 Å². The zero-order valence-electron chi connectivity index (χ0n) is 11.9.